The van der Waals surface area contributed by atoms with Gasteiger partial charge in [-0.2, -0.15) is 0 Å². The van der Waals surface area contributed by atoms with E-state index in [-0.39, 0.29) is 6.04 Å². The maximum atomic E-state index is 5.83. The van der Waals surface area contributed by atoms with E-state index in [2.05, 4.69) is 51.8 Å². The molecule has 0 saturated carbocycles. The molecule has 1 N–H and O–H groups in total. The third-order valence-corrected chi connectivity index (χ3v) is 3.63. The molecule has 0 aliphatic carbocycles. The number of oxazole rings is 1. The minimum absolute atomic E-state index is 0.198. The van der Waals surface area contributed by atoms with Crippen LogP contribution in [0, 0.1) is 11.3 Å². The summed E-state index contributed by atoms with van der Waals surface area (Å²) >= 11 is 0. The van der Waals surface area contributed by atoms with Gasteiger partial charge in [-0.15, -0.1) is 0 Å². The zero-order chi connectivity index (χ0) is 13.8. The molecule has 0 radical (unpaired) electrons. The Balaban J connectivity index is 2.58. The summed E-state index contributed by atoms with van der Waals surface area (Å²) in [6.07, 6.45) is 3.96. The predicted molar refractivity (Wildman–Crippen MR) is 75.5 cm³/mol. The van der Waals surface area contributed by atoms with Crippen molar-refractivity contribution in [2.75, 3.05) is 6.54 Å². The Morgan fingerprint density at radius 1 is 1.33 bits per heavy atom. The molecule has 0 bridgehead atoms. The number of hydrogen-bond donors (Lipinski definition) is 1. The van der Waals surface area contributed by atoms with Gasteiger partial charge < -0.3 is 9.73 Å². The van der Waals surface area contributed by atoms with Crippen LogP contribution in [0.4, 0.5) is 0 Å². The molecule has 0 aliphatic rings. The van der Waals surface area contributed by atoms with Crippen LogP contribution in [0.1, 0.15) is 65.7 Å². The molecule has 18 heavy (non-hydrogen) atoms. The fourth-order valence-electron chi connectivity index (χ4n) is 1.67. The SMILES string of the molecule is CCCNC(C)c1ncc(CC(C)C(C)(C)C)o1. The summed E-state index contributed by atoms with van der Waals surface area (Å²) in [5.41, 5.74) is 0.305. The second-order valence-corrected chi connectivity index (χ2v) is 6.31. The summed E-state index contributed by atoms with van der Waals surface area (Å²) < 4.78 is 5.83. The molecule has 0 fully saturated rings. The average Bonchev–Trinajstić information content (AvgIpc) is 2.73. The van der Waals surface area contributed by atoms with Gasteiger partial charge in [-0.25, -0.2) is 4.98 Å². The highest BCUT2D eigenvalue weighted by molar-refractivity contribution is 4.99. The summed E-state index contributed by atoms with van der Waals surface area (Å²) in [6, 6.07) is 0.198. The molecular weight excluding hydrogens is 224 g/mol. The predicted octanol–water partition coefficient (Wildman–Crippen LogP) is 3.96. The summed E-state index contributed by atoms with van der Waals surface area (Å²) in [5.74, 6) is 2.38. The van der Waals surface area contributed by atoms with Gasteiger partial charge in [0.05, 0.1) is 12.2 Å². The molecule has 104 valence electrons. The summed E-state index contributed by atoms with van der Waals surface area (Å²) in [7, 11) is 0. The van der Waals surface area contributed by atoms with Gasteiger partial charge in [-0.3, -0.25) is 0 Å². The number of rotatable bonds is 6. The van der Waals surface area contributed by atoms with Gasteiger partial charge in [0.15, 0.2) is 0 Å². The van der Waals surface area contributed by atoms with Crippen molar-refractivity contribution in [2.24, 2.45) is 11.3 Å². The van der Waals surface area contributed by atoms with Crippen LogP contribution in [0.25, 0.3) is 0 Å². The van der Waals surface area contributed by atoms with E-state index in [0.717, 1.165) is 31.0 Å². The second-order valence-electron chi connectivity index (χ2n) is 6.31. The molecule has 2 unspecified atom stereocenters. The molecule has 2 atom stereocenters. The van der Waals surface area contributed by atoms with Gasteiger partial charge in [0.25, 0.3) is 0 Å². The van der Waals surface area contributed by atoms with Crippen LogP contribution in [0.15, 0.2) is 10.6 Å². The van der Waals surface area contributed by atoms with E-state index in [9.17, 15) is 0 Å². The van der Waals surface area contributed by atoms with E-state index in [4.69, 9.17) is 4.42 Å². The molecule has 0 spiro atoms. The Morgan fingerprint density at radius 2 is 2.00 bits per heavy atom. The van der Waals surface area contributed by atoms with Crippen LogP contribution in [-0.4, -0.2) is 11.5 Å². The second kappa shape index (κ2) is 6.37. The molecule has 0 saturated heterocycles. The highest BCUT2D eigenvalue weighted by atomic mass is 16.4. The van der Waals surface area contributed by atoms with Crippen LogP contribution >= 0.6 is 0 Å². The average molecular weight is 252 g/mol. The Kier molecular flexibility index (Phi) is 5.39. The van der Waals surface area contributed by atoms with Gasteiger partial charge in [0, 0.05) is 6.42 Å². The number of aromatic nitrogens is 1. The van der Waals surface area contributed by atoms with Crippen molar-refractivity contribution in [3.8, 4) is 0 Å². The lowest BCUT2D eigenvalue weighted by atomic mass is 9.80. The quantitative estimate of drug-likeness (QED) is 0.832. The first-order valence-electron chi connectivity index (χ1n) is 7.02. The number of nitrogens with zero attached hydrogens (tertiary/aromatic N) is 1. The van der Waals surface area contributed by atoms with Gasteiger partial charge in [-0.05, 0) is 31.2 Å². The highest BCUT2D eigenvalue weighted by Crippen LogP contribution is 2.29. The van der Waals surface area contributed by atoms with Crippen molar-refractivity contribution in [1.29, 1.82) is 0 Å². The molecule has 1 heterocycles. The Labute approximate surface area is 111 Å². The first kappa shape index (κ1) is 15.2. The Bertz CT molecular complexity index is 352. The third-order valence-electron chi connectivity index (χ3n) is 3.63. The normalized spacial score (nSPS) is 15.7. The summed E-state index contributed by atoms with van der Waals surface area (Å²) in [5, 5.41) is 3.39. The van der Waals surface area contributed by atoms with Crippen LogP contribution in [-0.2, 0) is 6.42 Å². The Morgan fingerprint density at radius 3 is 2.56 bits per heavy atom. The largest absolute Gasteiger partial charge is 0.444 e. The number of hydrogen-bond acceptors (Lipinski definition) is 3. The molecule has 1 aromatic rings. The van der Waals surface area contributed by atoms with Gasteiger partial charge in [-0.1, -0.05) is 34.6 Å². The molecule has 1 aromatic heterocycles. The molecule has 0 amide bonds. The van der Waals surface area contributed by atoms with Crippen molar-refractivity contribution in [2.45, 2.75) is 60.4 Å². The lowest BCUT2D eigenvalue weighted by molar-refractivity contribution is 0.244. The van der Waals surface area contributed by atoms with Gasteiger partial charge >= 0.3 is 0 Å². The van der Waals surface area contributed by atoms with Crippen LogP contribution in [0.3, 0.4) is 0 Å². The molecule has 0 aliphatic heterocycles. The van der Waals surface area contributed by atoms with Crippen molar-refractivity contribution in [3.63, 3.8) is 0 Å². The van der Waals surface area contributed by atoms with Crippen LogP contribution < -0.4 is 5.32 Å². The first-order chi connectivity index (χ1) is 8.34. The van der Waals surface area contributed by atoms with Crippen molar-refractivity contribution in [3.05, 3.63) is 17.8 Å². The minimum atomic E-state index is 0.198. The van der Waals surface area contributed by atoms with E-state index in [1.807, 2.05) is 6.20 Å². The fourth-order valence-corrected chi connectivity index (χ4v) is 1.67. The van der Waals surface area contributed by atoms with E-state index < -0.39 is 0 Å². The molecular formula is C15H28N2O. The zero-order valence-corrected chi connectivity index (χ0v) is 12.7. The topological polar surface area (TPSA) is 38.1 Å². The summed E-state index contributed by atoms with van der Waals surface area (Å²) in [4.78, 5) is 4.37. The van der Waals surface area contributed by atoms with E-state index in [1.54, 1.807) is 0 Å². The molecule has 3 heteroatoms. The van der Waals surface area contributed by atoms with Crippen LogP contribution in [0.2, 0.25) is 0 Å². The standard InChI is InChI=1S/C15H28N2O/c1-7-8-16-12(3)14-17-10-13(18-14)9-11(2)15(4,5)6/h10-12,16H,7-9H2,1-6H3. The van der Waals surface area contributed by atoms with Crippen molar-refractivity contribution >= 4 is 0 Å². The first-order valence-corrected chi connectivity index (χ1v) is 7.02. The fraction of sp³-hybridized carbons (Fsp3) is 0.800. The third kappa shape index (κ3) is 4.45. The van der Waals surface area contributed by atoms with Crippen LogP contribution in [0.5, 0.6) is 0 Å². The van der Waals surface area contributed by atoms with Crippen molar-refractivity contribution < 1.29 is 4.42 Å². The smallest absolute Gasteiger partial charge is 0.211 e. The zero-order valence-electron chi connectivity index (χ0n) is 12.7. The van der Waals surface area contributed by atoms with Crippen molar-refractivity contribution in [1.82, 2.24) is 10.3 Å². The molecule has 0 aromatic carbocycles. The van der Waals surface area contributed by atoms with Gasteiger partial charge in [0.2, 0.25) is 5.89 Å². The maximum Gasteiger partial charge on any atom is 0.211 e. The lowest BCUT2D eigenvalue weighted by Crippen LogP contribution is -2.20. The minimum Gasteiger partial charge on any atom is -0.444 e. The molecule has 1 rings (SSSR count). The van der Waals surface area contributed by atoms with Gasteiger partial charge in [0.1, 0.15) is 5.76 Å². The Hall–Kier alpha value is -0.830. The highest BCUT2D eigenvalue weighted by Gasteiger charge is 2.22. The maximum absolute atomic E-state index is 5.83. The molecule has 3 nitrogen and oxygen atoms in total. The van der Waals surface area contributed by atoms with E-state index >= 15 is 0 Å². The number of nitrogens with one attached hydrogen (secondary N) is 1. The van der Waals surface area contributed by atoms with E-state index in [0.29, 0.717) is 11.3 Å². The summed E-state index contributed by atoms with van der Waals surface area (Å²) in [6.45, 7) is 14.3. The monoisotopic (exact) mass is 252 g/mol. The van der Waals surface area contributed by atoms with E-state index in [1.165, 1.54) is 0 Å². The lowest BCUT2D eigenvalue weighted by Gasteiger charge is -2.26.